The second-order valence-electron chi connectivity index (χ2n) is 5.62. The number of nitrogens with zero attached hydrogens (tertiary/aromatic N) is 1. The summed E-state index contributed by atoms with van der Waals surface area (Å²) in [7, 11) is 0. The molecule has 3 saturated carbocycles. The molecule has 3 aliphatic rings. The molecule has 1 amide bonds. The molecule has 0 aromatic heterocycles. The molecule has 0 unspecified atom stereocenters. The fraction of sp³-hybridized carbons (Fsp3) is 0.917. The van der Waals surface area contributed by atoms with Crippen LogP contribution in [0.25, 0.3) is 0 Å². The van der Waals surface area contributed by atoms with Crippen LogP contribution in [0, 0.1) is 11.3 Å². The van der Waals surface area contributed by atoms with Crippen molar-refractivity contribution >= 4 is 5.91 Å². The van der Waals surface area contributed by atoms with Crippen LogP contribution in [0.1, 0.15) is 38.5 Å². The van der Waals surface area contributed by atoms with Crippen LogP contribution >= 0.6 is 0 Å². The quantitative estimate of drug-likeness (QED) is 0.736. The van der Waals surface area contributed by atoms with Gasteiger partial charge in [-0.15, -0.1) is 0 Å². The molecule has 3 rings (SSSR count). The Labute approximate surface area is 91.0 Å². The fourth-order valence-corrected chi connectivity index (χ4v) is 2.32. The zero-order valence-corrected chi connectivity index (χ0v) is 9.24. The van der Waals surface area contributed by atoms with E-state index in [2.05, 4.69) is 4.90 Å². The molecule has 3 fully saturated rings. The number of carbonyl (C=O) groups is 1. The van der Waals surface area contributed by atoms with Gasteiger partial charge in [0.25, 0.3) is 0 Å². The second kappa shape index (κ2) is 3.21. The zero-order chi connectivity index (χ0) is 10.5. The molecular weight excluding hydrogens is 188 g/mol. The van der Waals surface area contributed by atoms with Gasteiger partial charge in [0.2, 0.25) is 5.91 Å². The van der Waals surface area contributed by atoms with Crippen molar-refractivity contribution in [2.24, 2.45) is 17.1 Å². The van der Waals surface area contributed by atoms with Gasteiger partial charge in [-0.3, -0.25) is 4.79 Å². The maximum atomic E-state index is 12.3. The van der Waals surface area contributed by atoms with Gasteiger partial charge < -0.3 is 10.6 Å². The SMILES string of the molecule is NCC1(C(=O)N(CC2CC2)C2CC2)CC1. The normalized spacial score (nSPS) is 27.5. The van der Waals surface area contributed by atoms with E-state index in [4.69, 9.17) is 5.73 Å². The van der Waals surface area contributed by atoms with Crippen LogP contribution in [0.15, 0.2) is 0 Å². The van der Waals surface area contributed by atoms with Crippen LogP contribution in [-0.2, 0) is 4.79 Å². The summed E-state index contributed by atoms with van der Waals surface area (Å²) in [5, 5.41) is 0. The van der Waals surface area contributed by atoms with Crippen molar-refractivity contribution in [1.29, 1.82) is 0 Å². The lowest BCUT2D eigenvalue weighted by atomic mass is 10.1. The predicted octanol–water partition coefficient (Wildman–Crippen LogP) is 1.13. The third kappa shape index (κ3) is 1.78. The summed E-state index contributed by atoms with van der Waals surface area (Å²) in [6.07, 6.45) is 7.14. The molecule has 3 heteroatoms. The van der Waals surface area contributed by atoms with Gasteiger partial charge in [0.05, 0.1) is 5.41 Å². The molecule has 3 nitrogen and oxygen atoms in total. The molecule has 0 aromatic rings. The highest BCUT2D eigenvalue weighted by molar-refractivity contribution is 5.86. The van der Waals surface area contributed by atoms with E-state index in [0.29, 0.717) is 18.5 Å². The summed E-state index contributed by atoms with van der Waals surface area (Å²) < 4.78 is 0. The molecule has 0 atom stereocenters. The number of amides is 1. The van der Waals surface area contributed by atoms with Crippen LogP contribution < -0.4 is 5.73 Å². The second-order valence-corrected chi connectivity index (χ2v) is 5.62. The summed E-state index contributed by atoms with van der Waals surface area (Å²) >= 11 is 0. The molecule has 3 aliphatic carbocycles. The number of nitrogens with two attached hydrogens (primary N) is 1. The third-order valence-corrected chi connectivity index (χ3v) is 4.10. The van der Waals surface area contributed by atoms with Crippen molar-refractivity contribution in [3.05, 3.63) is 0 Å². The number of carbonyl (C=O) groups excluding carboxylic acids is 1. The minimum Gasteiger partial charge on any atom is -0.339 e. The monoisotopic (exact) mass is 208 g/mol. The van der Waals surface area contributed by atoms with Crippen molar-refractivity contribution in [3.63, 3.8) is 0 Å². The number of hydrogen-bond acceptors (Lipinski definition) is 2. The predicted molar refractivity (Wildman–Crippen MR) is 58.2 cm³/mol. The summed E-state index contributed by atoms with van der Waals surface area (Å²) in [6.45, 7) is 1.57. The highest BCUT2D eigenvalue weighted by Crippen LogP contribution is 2.48. The smallest absolute Gasteiger partial charge is 0.230 e. The van der Waals surface area contributed by atoms with E-state index in [0.717, 1.165) is 25.3 Å². The lowest BCUT2D eigenvalue weighted by Crippen LogP contribution is -2.42. The number of rotatable bonds is 5. The van der Waals surface area contributed by atoms with Gasteiger partial charge in [0, 0.05) is 19.1 Å². The molecule has 15 heavy (non-hydrogen) atoms. The summed E-state index contributed by atoms with van der Waals surface area (Å²) in [4.78, 5) is 14.5. The molecule has 0 bridgehead atoms. The Kier molecular flexibility index (Phi) is 2.06. The summed E-state index contributed by atoms with van der Waals surface area (Å²) in [6, 6.07) is 0.571. The average Bonchev–Trinajstić information content (AvgIpc) is 3.14. The molecular formula is C12H20N2O. The minimum atomic E-state index is -0.127. The van der Waals surface area contributed by atoms with E-state index in [1.807, 2.05) is 0 Å². The van der Waals surface area contributed by atoms with Crippen LogP contribution in [0.2, 0.25) is 0 Å². The van der Waals surface area contributed by atoms with Crippen LogP contribution in [0.3, 0.4) is 0 Å². The third-order valence-electron chi connectivity index (χ3n) is 4.10. The first-order chi connectivity index (χ1) is 7.25. The van der Waals surface area contributed by atoms with E-state index in [-0.39, 0.29) is 5.41 Å². The average molecular weight is 208 g/mol. The first kappa shape index (κ1) is 9.64. The highest BCUT2D eigenvalue weighted by atomic mass is 16.2. The van der Waals surface area contributed by atoms with Crippen molar-refractivity contribution in [2.75, 3.05) is 13.1 Å². The van der Waals surface area contributed by atoms with Gasteiger partial charge in [0.1, 0.15) is 0 Å². The lowest BCUT2D eigenvalue weighted by molar-refractivity contribution is -0.137. The Morgan fingerprint density at radius 1 is 1.27 bits per heavy atom. The van der Waals surface area contributed by atoms with Crippen molar-refractivity contribution in [1.82, 2.24) is 4.90 Å². The molecule has 0 spiro atoms. The summed E-state index contributed by atoms with van der Waals surface area (Å²) in [5.41, 5.74) is 5.60. The molecule has 84 valence electrons. The molecule has 0 aliphatic heterocycles. The Hall–Kier alpha value is -0.570. The topological polar surface area (TPSA) is 46.3 Å². The molecule has 0 aromatic carbocycles. The van der Waals surface area contributed by atoms with Crippen molar-refractivity contribution < 1.29 is 4.79 Å². The fourth-order valence-electron chi connectivity index (χ4n) is 2.32. The summed E-state index contributed by atoms with van der Waals surface area (Å²) in [5.74, 6) is 1.18. The molecule has 0 radical (unpaired) electrons. The zero-order valence-electron chi connectivity index (χ0n) is 9.24. The van der Waals surface area contributed by atoms with Crippen LogP contribution in [-0.4, -0.2) is 29.9 Å². The standard InChI is InChI=1S/C12H20N2O/c13-8-12(5-6-12)11(15)14(10-3-4-10)7-9-1-2-9/h9-10H,1-8,13H2. The van der Waals surface area contributed by atoms with E-state index >= 15 is 0 Å². The van der Waals surface area contributed by atoms with Gasteiger partial charge in [-0.2, -0.15) is 0 Å². The Morgan fingerprint density at radius 3 is 2.33 bits per heavy atom. The van der Waals surface area contributed by atoms with Crippen LogP contribution in [0.5, 0.6) is 0 Å². The van der Waals surface area contributed by atoms with E-state index in [1.54, 1.807) is 0 Å². The highest BCUT2D eigenvalue weighted by Gasteiger charge is 2.53. The lowest BCUT2D eigenvalue weighted by Gasteiger charge is -2.26. The van der Waals surface area contributed by atoms with Gasteiger partial charge in [-0.1, -0.05) is 0 Å². The first-order valence-electron chi connectivity index (χ1n) is 6.26. The molecule has 0 saturated heterocycles. The van der Waals surface area contributed by atoms with E-state index < -0.39 is 0 Å². The maximum absolute atomic E-state index is 12.3. The molecule has 0 heterocycles. The van der Waals surface area contributed by atoms with E-state index in [1.165, 1.54) is 25.7 Å². The Bertz CT molecular complexity index is 277. The molecule has 2 N–H and O–H groups in total. The van der Waals surface area contributed by atoms with Gasteiger partial charge >= 0.3 is 0 Å². The Balaban J connectivity index is 1.67. The number of hydrogen-bond donors (Lipinski definition) is 1. The largest absolute Gasteiger partial charge is 0.339 e. The Morgan fingerprint density at radius 2 is 1.93 bits per heavy atom. The van der Waals surface area contributed by atoms with Gasteiger partial charge in [0.15, 0.2) is 0 Å². The van der Waals surface area contributed by atoms with Crippen molar-refractivity contribution in [2.45, 2.75) is 44.6 Å². The first-order valence-corrected chi connectivity index (χ1v) is 6.26. The maximum Gasteiger partial charge on any atom is 0.230 e. The van der Waals surface area contributed by atoms with Gasteiger partial charge in [-0.25, -0.2) is 0 Å². The minimum absolute atomic E-state index is 0.127. The van der Waals surface area contributed by atoms with Crippen molar-refractivity contribution in [3.8, 4) is 0 Å². The van der Waals surface area contributed by atoms with E-state index in [9.17, 15) is 4.79 Å². The van der Waals surface area contributed by atoms with Gasteiger partial charge in [-0.05, 0) is 44.4 Å². The van der Waals surface area contributed by atoms with Crippen LogP contribution in [0.4, 0.5) is 0 Å².